The summed E-state index contributed by atoms with van der Waals surface area (Å²) >= 11 is 0. The van der Waals surface area contributed by atoms with Crippen LogP contribution in [-0.2, 0) is 4.79 Å². The van der Waals surface area contributed by atoms with Gasteiger partial charge in [-0.1, -0.05) is 26.0 Å². The molecule has 1 aliphatic heterocycles. The highest BCUT2D eigenvalue weighted by Crippen LogP contribution is 2.32. The molecule has 25 heavy (non-hydrogen) atoms. The van der Waals surface area contributed by atoms with E-state index in [2.05, 4.69) is 28.6 Å². The van der Waals surface area contributed by atoms with E-state index in [1.54, 1.807) is 0 Å². The van der Waals surface area contributed by atoms with Gasteiger partial charge < -0.3 is 9.80 Å². The molecular formula is C20H26N4O. The van der Waals surface area contributed by atoms with Crippen molar-refractivity contribution in [2.45, 2.75) is 39.2 Å². The van der Waals surface area contributed by atoms with Crippen molar-refractivity contribution in [3.63, 3.8) is 0 Å². The number of hydrogen-bond donors (Lipinski definition) is 0. The molecule has 1 amide bonds. The monoisotopic (exact) mass is 338 g/mol. The van der Waals surface area contributed by atoms with E-state index < -0.39 is 0 Å². The molecule has 0 unspecified atom stereocenters. The van der Waals surface area contributed by atoms with Gasteiger partial charge >= 0.3 is 0 Å². The number of nitrogens with zero attached hydrogens (tertiary/aromatic N) is 4. The molecule has 4 rings (SSSR count). The number of para-hydroxylation sites is 2. The van der Waals surface area contributed by atoms with E-state index in [0.717, 1.165) is 42.4 Å². The minimum absolute atomic E-state index is 0.240. The maximum absolute atomic E-state index is 12.7. The lowest BCUT2D eigenvalue weighted by atomic mass is 10.0. The van der Waals surface area contributed by atoms with Gasteiger partial charge in [-0.3, -0.25) is 9.78 Å². The summed E-state index contributed by atoms with van der Waals surface area (Å²) in [6.07, 6.45) is 4.95. The molecular weight excluding hydrogens is 312 g/mol. The highest BCUT2D eigenvalue weighted by Gasteiger charge is 2.35. The van der Waals surface area contributed by atoms with Crippen LogP contribution in [0.3, 0.4) is 0 Å². The maximum Gasteiger partial charge on any atom is 0.224 e. The molecule has 5 heteroatoms. The summed E-state index contributed by atoms with van der Waals surface area (Å²) in [7, 11) is 0. The fourth-order valence-corrected chi connectivity index (χ4v) is 3.67. The summed E-state index contributed by atoms with van der Waals surface area (Å²) in [5, 5.41) is 0. The molecule has 1 saturated heterocycles. The lowest BCUT2D eigenvalue weighted by molar-refractivity contribution is -0.133. The van der Waals surface area contributed by atoms with Crippen LogP contribution in [0.4, 0.5) is 5.82 Å². The first-order chi connectivity index (χ1) is 12.1. The van der Waals surface area contributed by atoms with Crippen molar-refractivity contribution >= 4 is 22.8 Å². The summed E-state index contributed by atoms with van der Waals surface area (Å²) in [6, 6.07) is 8.18. The van der Waals surface area contributed by atoms with Gasteiger partial charge in [0.25, 0.3) is 0 Å². The Labute approximate surface area is 149 Å². The van der Waals surface area contributed by atoms with Gasteiger partial charge in [-0.25, -0.2) is 4.98 Å². The van der Waals surface area contributed by atoms with E-state index in [1.807, 2.05) is 30.5 Å². The third-order valence-electron chi connectivity index (χ3n) is 5.40. The highest BCUT2D eigenvalue weighted by molar-refractivity contribution is 5.78. The second kappa shape index (κ2) is 6.62. The van der Waals surface area contributed by atoms with Crippen LogP contribution in [0.5, 0.6) is 0 Å². The number of hydrogen-bond acceptors (Lipinski definition) is 4. The summed E-state index contributed by atoms with van der Waals surface area (Å²) in [5.74, 6) is 2.32. The lowest BCUT2D eigenvalue weighted by Crippen LogP contribution is -2.47. The second-order valence-corrected chi connectivity index (χ2v) is 7.71. The Morgan fingerprint density at radius 1 is 1.20 bits per heavy atom. The molecule has 132 valence electrons. The van der Waals surface area contributed by atoms with Crippen molar-refractivity contribution in [2.24, 2.45) is 11.8 Å². The SMILES string of the molecule is CC(C)[C@H]1CN(c2cnc3ccccc3n2)CCC(=O)N1CC1CC1. The van der Waals surface area contributed by atoms with Crippen LogP contribution < -0.4 is 4.90 Å². The molecule has 1 aromatic heterocycles. The number of benzene rings is 1. The number of rotatable bonds is 4. The van der Waals surface area contributed by atoms with Crippen molar-refractivity contribution < 1.29 is 4.79 Å². The van der Waals surface area contributed by atoms with E-state index in [-0.39, 0.29) is 6.04 Å². The summed E-state index contributed by atoms with van der Waals surface area (Å²) in [6.45, 7) is 6.92. The molecule has 5 nitrogen and oxygen atoms in total. The number of aromatic nitrogens is 2. The molecule has 2 aromatic rings. The van der Waals surface area contributed by atoms with Gasteiger partial charge in [-0.05, 0) is 36.8 Å². The number of carbonyl (C=O) groups is 1. The number of amides is 1. The van der Waals surface area contributed by atoms with E-state index in [4.69, 9.17) is 4.98 Å². The van der Waals surface area contributed by atoms with Crippen LogP contribution in [0.25, 0.3) is 11.0 Å². The Morgan fingerprint density at radius 3 is 2.68 bits per heavy atom. The van der Waals surface area contributed by atoms with E-state index in [0.29, 0.717) is 18.2 Å². The molecule has 1 saturated carbocycles. The smallest absolute Gasteiger partial charge is 0.224 e. The Hall–Kier alpha value is -2.17. The van der Waals surface area contributed by atoms with Gasteiger partial charge in [0.2, 0.25) is 5.91 Å². The first-order valence-electron chi connectivity index (χ1n) is 9.38. The molecule has 1 aromatic carbocycles. The van der Waals surface area contributed by atoms with Crippen molar-refractivity contribution in [3.05, 3.63) is 30.5 Å². The summed E-state index contributed by atoms with van der Waals surface area (Å²) in [5.41, 5.74) is 1.82. The zero-order chi connectivity index (χ0) is 17.4. The fourth-order valence-electron chi connectivity index (χ4n) is 3.67. The first kappa shape index (κ1) is 16.3. The van der Waals surface area contributed by atoms with Crippen LogP contribution in [0.1, 0.15) is 33.1 Å². The van der Waals surface area contributed by atoms with Gasteiger partial charge in [0, 0.05) is 26.1 Å². The Morgan fingerprint density at radius 2 is 1.96 bits per heavy atom. The molecule has 0 N–H and O–H groups in total. The second-order valence-electron chi connectivity index (χ2n) is 7.71. The van der Waals surface area contributed by atoms with Crippen molar-refractivity contribution in [2.75, 3.05) is 24.5 Å². The Bertz CT molecular complexity index is 771. The predicted octanol–water partition coefficient (Wildman–Crippen LogP) is 3.10. The van der Waals surface area contributed by atoms with Crippen LogP contribution in [-0.4, -0.2) is 46.5 Å². The average molecular weight is 338 g/mol. The van der Waals surface area contributed by atoms with Gasteiger partial charge in [0.15, 0.2) is 0 Å². The molecule has 1 atom stereocenters. The first-order valence-corrected chi connectivity index (χ1v) is 9.38. The quantitative estimate of drug-likeness (QED) is 0.859. The minimum atomic E-state index is 0.240. The average Bonchev–Trinajstić information content (AvgIpc) is 3.44. The standard InChI is InChI=1S/C20H26N4O/c1-14(2)18-13-23(10-9-20(25)24(18)12-15-7-8-15)19-11-21-16-5-3-4-6-17(16)22-19/h3-6,11,14-15,18H,7-10,12-13H2,1-2H3/t18-/m1/s1. The molecule has 2 fully saturated rings. The molecule has 0 spiro atoms. The van der Waals surface area contributed by atoms with Crippen molar-refractivity contribution in [3.8, 4) is 0 Å². The third kappa shape index (κ3) is 3.46. The Balaban J connectivity index is 1.61. The van der Waals surface area contributed by atoms with Gasteiger partial charge in [0.05, 0.1) is 23.3 Å². The molecule has 2 aliphatic rings. The largest absolute Gasteiger partial charge is 0.353 e. The molecule has 2 heterocycles. The van der Waals surface area contributed by atoms with Crippen LogP contribution in [0, 0.1) is 11.8 Å². The Kier molecular flexibility index (Phi) is 4.32. The zero-order valence-electron chi connectivity index (χ0n) is 15.1. The van der Waals surface area contributed by atoms with Crippen LogP contribution >= 0.6 is 0 Å². The third-order valence-corrected chi connectivity index (χ3v) is 5.40. The normalized spacial score (nSPS) is 21.9. The van der Waals surface area contributed by atoms with Gasteiger partial charge in [0.1, 0.15) is 5.82 Å². The molecule has 0 bridgehead atoms. The van der Waals surface area contributed by atoms with Crippen molar-refractivity contribution in [1.29, 1.82) is 0 Å². The van der Waals surface area contributed by atoms with Crippen LogP contribution in [0.15, 0.2) is 30.5 Å². The molecule has 0 radical (unpaired) electrons. The highest BCUT2D eigenvalue weighted by atomic mass is 16.2. The van der Waals surface area contributed by atoms with Gasteiger partial charge in [-0.2, -0.15) is 0 Å². The minimum Gasteiger partial charge on any atom is -0.353 e. The van der Waals surface area contributed by atoms with E-state index in [1.165, 1.54) is 12.8 Å². The number of fused-ring (bicyclic) bond motifs is 1. The van der Waals surface area contributed by atoms with Crippen LogP contribution in [0.2, 0.25) is 0 Å². The lowest BCUT2D eigenvalue weighted by Gasteiger charge is -2.35. The zero-order valence-corrected chi connectivity index (χ0v) is 15.1. The number of anilines is 1. The number of carbonyl (C=O) groups excluding carboxylic acids is 1. The summed E-state index contributed by atoms with van der Waals surface area (Å²) in [4.78, 5) is 26.5. The van der Waals surface area contributed by atoms with Gasteiger partial charge in [-0.15, -0.1) is 0 Å². The fraction of sp³-hybridized carbons (Fsp3) is 0.550. The van der Waals surface area contributed by atoms with E-state index in [9.17, 15) is 4.79 Å². The van der Waals surface area contributed by atoms with Crippen molar-refractivity contribution in [1.82, 2.24) is 14.9 Å². The molecule has 1 aliphatic carbocycles. The maximum atomic E-state index is 12.7. The topological polar surface area (TPSA) is 49.3 Å². The predicted molar refractivity (Wildman–Crippen MR) is 99.4 cm³/mol. The summed E-state index contributed by atoms with van der Waals surface area (Å²) < 4.78 is 0. The van der Waals surface area contributed by atoms with E-state index >= 15 is 0 Å².